The number of rotatable bonds is 1. The lowest BCUT2D eigenvalue weighted by Crippen LogP contribution is -2.11. The fourth-order valence-corrected chi connectivity index (χ4v) is 1.28. The Morgan fingerprint density at radius 2 is 2.00 bits per heavy atom. The molecular weight excluding hydrogens is 178 g/mol. The van der Waals surface area contributed by atoms with Crippen LogP contribution >= 0.6 is 0 Å². The molecular formula is C11H17NO2. The van der Waals surface area contributed by atoms with Crippen molar-refractivity contribution in [2.75, 3.05) is 7.11 Å². The first-order chi connectivity index (χ1) is 6.36. The zero-order chi connectivity index (χ0) is 10.9. The van der Waals surface area contributed by atoms with E-state index in [0.29, 0.717) is 5.56 Å². The lowest BCUT2D eigenvalue weighted by molar-refractivity contribution is 0.0600. The molecule has 0 aromatic carbocycles. The molecule has 14 heavy (non-hydrogen) atoms. The number of aromatic amines is 1. The number of nitrogens with one attached hydrogen (secondary N) is 1. The van der Waals surface area contributed by atoms with E-state index in [1.807, 2.05) is 13.0 Å². The van der Waals surface area contributed by atoms with Gasteiger partial charge in [0.2, 0.25) is 0 Å². The van der Waals surface area contributed by atoms with Gasteiger partial charge in [0.15, 0.2) is 0 Å². The maximum atomic E-state index is 11.3. The summed E-state index contributed by atoms with van der Waals surface area (Å²) in [6.45, 7) is 8.17. The highest BCUT2D eigenvalue weighted by Gasteiger charge is 2.20. The topological polar surface area (TPSA) is 42.1 Å². The van der Waals surface area contributed by atoms with Gasteiger partial charge in [0, 0.05) is 16.8 Å². The molecule has 0 saturated heterocycles. The van der Waals surface area contributed by atoms with Crippen LogP contribution in [0.5, 0.6) is 0 Å². The molecule has 0 bridgehead atoms. The largest absolute Gasteiger partial charge is 0.465 e. The SMILES string of the molecule is COC(=O)c1cc(C(C)(C)C)[nH]c1C. The second-order valence-electron chi connectivity index (χ2n) is 4.46. The zero-order valence-corrected chi connectivity index (χ0v) is 9.39. The van der Waals surface area contributed by atoms with Crippen molar-refractivity contribution < 1.29 is 9.53 Å². The third-order valence-electron chi connectivity index (χ3n) is 2.23. The van der Waals surface area contributed by atoms with Crippen LogP contribution in [-0.2, 0) is 10.2 Å². The summed E-state index contributed by atoms with van der Waals surface area (Å²) in [5.74, 6) is -0.283. The quantitative estimate of drug-likeness (QED) is 0.699. The van der Waals surface area contributed by atoms with Crippen LogP contribution in [0.15, 0.2) is 6.07 Å². The van der Waals surface area contributed by atoms with Crippen LogP contribution in [0.2, 0.25) is 0 Å². The van der Waals surface area contributed by atoms with Crippen LogP contribution in [0.1, 0.15) is 42.5 Å². The number of hydrogen-bond acceptors (Lipinski definition) is 2. The first-order valence-corrected chi connectivity index (χ1v) is 4.64. The molecule has 0 aliphatic rings. The van der Waals surface area contributed by atoms with E-state index in [9.17, 15) is 4.79 Å². The summed E-state index contributed by atoms with van der Waals surface area (Å²) in [5.41, 5.74) is 2.56. The Hall–Kier alpha value is -1.25. The van der Waals surface area contributed by atoms with Crippen molar-refractivity contribution >= 4 is 5.97 Å². The van der Waals surface area contributed by atoms with Gasteiger partial charge in [-0.15, -0.1) is 0 Å². The highest BCUT2D eigenvalue weighted by atomic mass is 16.5. The molecule has 0 aliphatic carbocycles. The van der Waals surface area contributed by atoms with E-state index in [1.165, 1.54) is 7.11 Å². The molecule has 1 heterocycles. The number of hydrogen-bond donors (Lipinski definition) is 1. The van der Waals surface area contributed by atoms with Gasteiger partial charge in [0.25, 0.3) is 0 Å². The summed E-state index contributed by atoms with van der Waals surface area (Å²) in [6.07, 6.45) is 0. The van der Waals surface area contributed by atoms with E-state index >= 15 is 0 Å². The third-order valence-corrected chi connectivity index (χ3v) is 2.23. The Kier molecular flexibility index (Phi) is 2.69. The first-order valence-electron chi connectivity index (χ1n) is 4.64. The fourth-order valence-electron chi connectivity index (χ4n) is 1.28. The van der Waals surface area contributed by atoms with Crippen molar-refractivity contribution in [1.29, 1.82) is 0 Å². The van der Waals surface area contributed by atoms with E-state index in [0.717, 1.165) is 11.4 Å². The van der Waals surface area contributed by atoms with Crippen LogP contribution in [0.3, 0.4) is 0 Å². The van der Waals surface area contributed by atoms with Gasteiger partial charge in [-0.1, -0.05) is 20.8 Å². The van der Waals surface area contributed by atoms with Crippen molar-refractivity contribution in [2.24, 2.45) is 0 Å². The molecule has 0 radical (unpaired) electrons. The van der Waals surface area contributed by atoms with E-state index in [-0.39, 0.29) is 11.4 Å². The summed E-state index contributed by atoms with van der Waals surface area (Å²) in [5, 5.41) is 0. The number of aryl methyl sites for hydroxylation is 1. The molecule has 0 saturated carbocycles. The molecule has 0 aliphatic heterocycles. The van der Waals surface area contributed by atoms with Gasteiger partial charge in [0.05, 0.1) is 12.7 Å². The standard InChI is InChI=1S/C11H17NO2/c1-7-8(10(13)14-5)6-9(12-7)11(2,3)4/h6,12H,1-5H3. The molecule has 1 aromatic heterocycles. The maximum absolute atomic E-state index is 11.3. The molecule has 0 fully saturated rings. The molecule has 0 atom stereocenters. The zero-order valence-electron chi connectivity index (χ0n) is 9.39. The fraction of sp³-hybridized carbons (Fsp3) is 0.545. The highest BCUT2D eigenvalue weighted by Crippen LogP contribution is 2.23. The van der Waals surface area contributed by atoms with Crippen molar-refractivity contribution in [1.82, 2.24) is 4.98 Å². The van der Waals surface area contributed by atoms with E-state index < -0.39 is 0 Å². The molecule has 1 aromatic rings. The van der Waals surface area contributed by atoms with Gasteiger partial charge in [-0.25, -0.2) is 4.79 Å². The van der Waals surface area contributed by atoms with Gasteiger partial charge >= 0.3 is 5.97 Å². The molecule has 0 unspecified atom stereocenters. The number of aromatic nitrogens is 1. The summed E-state index contributed by atoms with van der Waals surface area (Å²) in [7, 11) is 1.39. The average Bonchev–Trinajstić information content (AvgIpc) is 2.45. The minimum atomic E-state index is -0.283. The van der Waals surface area contributed by atoms with Crippen LogP contribution in [0, 0.1) is 6.92 Å². The number of methoxy groups -OCH3 is 1. The summed E-state index contributed by atoms with van der Waals surface area (Å²) >= 11 is 0. The van der Waals surface area contributed by atoms with Gasteiger partial charge in [-0.2, -0.15) is 0 Å². The Morgan fingerprint density at radius 3 is 2.36 bits per heavy atom. The molecule has 1 N–H and O–H groups in total. The molecule has 78 valence electrons. The third kappa shape index (κ3) is 1.97. The Bertz CT molecular complexity index is 345. The Labute approximate surface area is 84.5 Å². The predicted molar refractivity (Wildman–Crippen MR) is 55.6 cm³/mol. The number of H-pyrrole nitrogens is 1. The second kappa shape index (κ2) is 3.48. The van der Waals surface area contributed by atoms with Crippen LogP contribution < -0.4 is 0 Å². The number of esters is 1. The first kappa shape index (κ1) is 10.8. The molecule has 0 amide bonds. The Balaban J connectivity index is 3.12. The van der Waals surface area contributed by atoms with Gasteiger partial charge in [-0.3, -0.25) is 0 Å². The van der Waals surface area contributed by atoms with E-state index in [2.05, 4.69) is 30.5 Å². The van der Waals surface area contributed by atoms with Crippen molar-refractivity contribution in [3.8, 4) is 0 Å². The minimum Gasteiger partial charge on any atom is -0.465 e. The van der Waals surface area contributed by atoms with Crippen molar-refractivity contribution in [3.05, 3.63) is 23.0 Å². The molecule has 1 rings (SSSR count). The normalized spacial score (nSPS) is 11.5. The second-order valence-corrected chi connectivity index (χ2v) is 4.46. The lowest BCUT2D eigenvalue weighted by Gasteiger charge is -2.15. The Morgan fingerprint density at radius 1 is 1.43 bits per heavy atom. The van der Waals surface area contributed by atoms with E-state index in [4.69, 9.17) is 0 Å². The van der Waals surface area contributed by atoms with Gasteiger partial charge < -0.3 is 9.72 Å². The summed E-state index contributed by atoms with van der Waals surface area (Å²) < 4.78 is 4.68. The minimum absolute atomic E-state index is 0.0248. The summed E-state index contributed by atoms with van der Waals surface area (Å²) in [6, 6.07) is 1.86. The van der Waals surface area contributed by atoms with Crippen LogP contribution in [-0.4, -0.2) is 18.1 Å². The predicted octanol–water partition coefficient (Wildman–Crippen LogP) is 2.41. The van der Waals surface area contributed by atoms with Gasteiger partial charge in [-0.05, 0) is 13.0 Å². The van der Waals surface area contributed by atoms with Crippen molar-refractivity contribution in [3.63, 3.8) is 0 Å². The molecule has 3 nitrogen and oxygen atoms in total. The maximum Gasteiger partial charge on any atom is 0.339 e. The monoisotopic (exact) mass is 195 g/mol. The summed E-state index contributed by atoms with van der Waals surface area (Å²) in [4.78, 5) is 14.5. The molecule has 0 spiro atoms. The van der Waals surface area contributed by atoms with Crippen LogP contribution in [0.4, 0.5) is 0 Å². The van der Waals surface area contributed by atoms with Crippen molar-refractivity contribution in [2.45, 2.75) is 33.1 Å². The lowest BCUT2D eigenvalue weighted by atomic mass is 9.92. The number of carbonyl (C=O) groups is 1. The highest BCUT2D eigenvalue weighted by molar-refractivity contribution is 5.90. The average molecular weight is 195 g/mol. The van der Waals surface area contributed by atoms with Crippen LogP contribution in [0.25, 0.3) is 0 Å². The van der Waals surface area contributed by atoms with E-state index in [1.54, 1.807) is 0 Å². The number of ether oxygens (including phenoxy) is 1. The van der Waals surface area contributed by atoms with Gasteiger partial charge in [0.1, 0.15) is 0 Å². The smallest absolute Gasteiger partial charge is 0.339 e. The number of carbonyl (C=O) groups excluding carboxylic acids is 1. The molecule has 3 heteroatoms.